The SMILES string of the molecule is Cc1cc(Br)c(-n2ccc3c2CCCC3O)c(Br)c1. The van der Waals surface area contributed by atoms with Gasteiger partial charge in [0.05, 0.1) is 11.8 Å². The molecule has 0 radical (unpaired) electrons. The summed E-state index contributed by atoms with van der Waals surface area (Å²) < 4.78 is 4.32. The average Bonchev–Trinajstić information content (AvgIpc) is 2.73. The van der Waals surface area contributed by atoms with Crippen LogP contribution in [0.2, 0.25) is 0 Å². The Labute approximate surface area is 129 Å². The molecule has 1 unspecified atom stereocenters. The summed E-state index contributed by atoms with van der Waals surface area (Å²) in [6.07, 6.45) is 4.67. The van der Waals surface area contributed by atoms with E-state index >= 15 is 0 Å². The lowest BCUT2D eigenvalue weighted by Gasteiger charge is -2.21. The molecule has 1 aliphatic carbocycles. The summed E-state index contributed by atoms with van der Waals surface area (Å²) in [5.41, 5.74) is 4.62. The van der Waals surface area contributed by atoms with Crippen LogP contribution in [0.1, 0.15) is 35.8 Å². The maximum atomic E-state index is 10.1. The zero-order valence-corrected chi connectivity index (χ0v) is 13.8. The van der Waals surface area contributed by atoms with E-state index < -0.39 is 0 Å². The first kappa shape index (κ1) is 13.4. The standard InChI is InChI=1S/C15H15Br2NO/c1-9-7-11(16)15(12(17)8-9)18-6-5-10-13(18)3-2-4-14(10)19/h5-8,14,19H,2-4H2,1H3. The number of nitrogens with zero attached hydrogens (tertiary/aromatic N) is 1. The monoisotopic (exact) mass is 383 g/mol. The Morgan fingerprint density at radius 3 is 2.63 bits per heavy atom. The van der Waals surface area contributed by atoms with Gasteiger partial charge in [-0.25, -0.2) is 0 Å². The van der Waals surface area contributed by atoms with Crippen LogP contribution in [0.15, 0.2) is 33.3 Å². The lowest BCUT2D eigenvalue weighted by atomic mass is 9.95. The predicted molar refractivity (Wildman–Crippen MR) is 83.8 cm³/mol. The zero-order valence-electron chi connectivity index (χ0n) is 10.7. The van der Waals surface area contributed by atoms with E-state index in [0.29, 0.717) is 0 Å². The minimum absolute atomic E-state index is 0.312. The molecule has 0 saturated carbocycles. The van der Waals surface area contributed by atoms with Crippen molar-refractivity contribution in [3.8, 4) is 5.69 Å². The number of rotatable bonds is 1. The van der Waals surface area contributed by atoms with E-state index in [1.54, 1.807) is 0 Å². The molecule has 0 aliphatic heterocycles. The fourth-order valence-corrected chi connectivity index (χ4v) is 4.60. The second-order valence-electron chi connectivity index (χ2n) is 5.07. The average molecular weight is 385 g/mol. The number of hydrogen-bond donors (Lipinski definition) is 1. The number of hydrogen-bond acceptors (Lipinski definition) is 1. The molecule has 1 aromatic carbocycles. The number of aromatic nitrogens is 1. The van der Waals surface area contributed by atoms with Gasteiger partial charge in [0, 0.05) is 26.4 Å². The van der Waals surface area contributed by atoms with Crippen LogP contribution in [0.5, 0.6) is 0 Å². The van der Waals surface area contributed by atoms with Crippen LogP contribution in [0.4, 0.5) is 0 Å². The van der Waals surface area contributed by atoms with E-state index in [1.165, 1.54) is 11.3 Å². The van der Waals surface area contributed by atoms with Crippen molar-refractivity contribution in [1.29, 1.82) is 0 Å². The first-order valence-corrected chi connectivity index (χ1v) is 8.00. The number of aliphatic hydroxyl groups is 1. The fraction of sp³-hybridized carbons (Fsp3) is 0.333. The molecule has 1 atom stereocenters. The molecule has 100 valence electrons. The highest BCUT2D eigenvalue weighted by atomic mass is 79.9. The van der Waals surface area contributed by atoms with E-state index in [-0.39, 0.29) is 6.10 Å². The molecule has 0 amide bonds. The zero-order chi connectivity index (χ0) is 13.6. The summed E-state index contributed by atoms with van der Waals surface area (Å²) in [5.74, 6) is 0. The molecule has 2 nitrogen and oxygen atoms in total. The Morgan fingerprint density at radius 2 is 1.95 bits per heavy atom. The first-order chi connectivity index (χ1) is 9.08. The van der Waals surface area contributed by atoms with Gasteiger partial charge >= 0.3 is 0 Å². The van der Waals surface area contributed by atoms with Crippen LogP contribution in [0, 0.1) is 6.92 Å². The van der Waals surface area contributed by atoms with Crippen LogP contribution < -0.4 is 0 Å². The highest BCUT2D eigenvalue weighted by molar-refractivity contribution is 9.11. The number of benzene rings is 1. The maximum Gasteiger partial charge on any atom is 0.0807 e. The van der Waals surface area contributed by atoms with Gasteiger partial charge in [0.1, 0.15) is 0 Å². The molecule has 4 heteroatoms. The van der Waals surface area contributed by atoms with Crippen LogP contribution in [0.25, 0.3) is 5.69 Å². The molecular formula is C15H15Br2NO. The summed E-state index contributed by atoms with van der Waals surface area (Å²) in [7, 11) is 0. The third-order valence-corrected chi connectivity index (χ3v) is 4.89. The number of fused-ring (bicyclic) bond motifs is 1. The molecule has 1 N–H and O–H groups in total. The predicted octanol–water partition coefficient (Wildman–Crippen LogP) is 4.68. The Hall–Kier alpha value is -0.580. The van der Waals surface area contributed by atoms with Gasteiger partial charge in [0.15, 0.2) is 0 Å². The van der Waals surface area contributed by atoms with Gasteiger partial charge in [0.2, 0.25) is 0 Å². The minimum Gasteiger partial charge on any atom is -0.388 e. The van der Waals surface area contributed by atoms with E-state index in [1.807, 2.05) is 6.07 Å². The first-order valence-electron chi connectivity index (χ1n) is 6.42. The molecule has 2 aromatic rings. The summed E-state index contributed by atoms with van der Waals surface area (Å²) in [5, 5.41) is 10.1. The summed E-state index contributed by atoms with van der Waals surface area (Å²) >= 11 is 7.30. The fourth-order valence-electron chi connectivity index (χ4n) is 2.80. The normalized spacial score (nSPS) is 18.4. The third kappa shape index (κ3) is 2.30. The number of halogens is 2. The van der Waals surface area contributed by atoms with E-state index in [4.69, 9.17) is 0 Å². The largest absolute Gasteiger partial charge is 0.388 e. The second kappa shape index (κ2) is 5.08. The lowest BCUT2D eigenvalue weighted by molar-refractivity contribution is 0.156. The van der Waals surface area contributed by atoms with Gasteiger partial charge in [-0.05, 0) is 81.8 Å². The van der Waals surface area contributed by atoms with Crippen molar-refractivity contribution >= 4 is 31.9 Å². The Morgan fingerprint density at radius 1 is 1.26 bits per heavy atom. The smallest absolute Gasteiger partial charge is 0.0807 e. The third-order valence-electron chi connectivity index (χ3n) is 3.68. The topological polar surface area (TPSA) is 25.2 Å². The molecule has 1 heterocycles. The van der Waals surface area contributed by atoms with Gasteiger partial charge in [-0.15, -0.1) is 0 Å². The lowest BCUT2D eigenvalue weighted by Crippen LogP contribution is -2.11. The van der Waals surface area contributed by atoms with Crippen molar-refractivity contribution in [2.45, 2.75) is 32.3 Å². The molecule has 0 spiro atoms. The quantitative estimate of drug-likeness (QED) is 0.758. The highest BCUT2D eigenvalue weighted by Crippen LogP contribution is 2.37. The van der Waals surface area contributed by atoms with Gasteiger partial charge in [-0.1, -0.05) is 0 Å². The van der Waals surface area contributed by atoms with Crippen molar-refractivity contribution in [2.75, 3.05) is 0 Å². The van der Waals surface area contributed by atoms with Crippen molar-refractivity contribution in [2.24, 2.45) is 0 Å². The van der Waals surface area contributed by atoms with Crippen molar-refractivity contribution < 1.29 is 5.11 Å². The molecule has 0 fully saturated rings. The molecule has 3 rings (SSSR count). The molecular weight excluding hydrogens is 370 g/mol. The van der Waals surface area contributed by atoms with E-state index in [9.17, 15) is 5.11 Å². The van der Waals surface area contributed by atoms with E-state index in [2.05, 4.69) is 61.7 Å². The van der Waals surface area contributed by atoms with Gasteiger partial charge in [0.25, 0.3) is 0 Å². The molecule has 0 saturated heterocycles. The number of aliphatic hydroxyl groups excluding tert-OH is 1. The highest BCUT2D eigenvalue weighted by Gasteiger charge is 2.23. The Balaban J connectivity index is 2.19. The Kier molecular flexibility index (Phi) is 3.58. The van der Waals surface area contributed by atoms with Crippen LogP contribution >= 0.6 is 31.9 Å². The molecule has 1 aliphatic rings. The van der Waals surface area contributed by atoms with Gasteiger partial charge in [-0.3, -0.25) is 0 Å². The van der Waals surface area contributed by atoms with Crippen molar-refractivity contribution in [1.82, 2.24) is 4.57 Å². The summed E-state index contributed by atoms with van der Waals surface area (Å²) in [6, 6.07) is 6.27. The van der Waals surface area contributed by atoms with Gasteiger partial charge < -0.3 is 9.67 Å². The van der Waals surface area contributed by atoms with Gasteiger partial charge in [-0.2, -0.15) is 0 Å². The molecule has 1 aromatic heterocycles. The van der Waals surface area contributed by atoms with Crippen molar-refractivity contribution in [3.05, 3.63) is 50.2 Å². The second-order valence-corrected chi connectivity index (χ2v) is 6.78. The van der Waals surface area contributed by atoms with Crippen LogP contribution in [-0.2, 0) is 6.42 Å². The number of aryl methyl sites for hydroxylation is 1. The van der Waals surface area contributed by atoms with E-state index in [0.717, 1.165) is 39.5 Å². The molecule has 0 bridgehead atoms. The maximum absolute atomic E-state index is 10.1. The molecule has 19 heavy (non-hydrogen) atoms. The summed E-state index contributed by atoms with van der Waals surface area (Å²) in [4.78, 5) is 0. The van der Waals surface area contributed by atoms with Crippen LogP contribution in [0.3, 0.4) is 0 Å². The Bertz CT molecular complexity index is 610. The summed E-state index contributed by atoms with van der Waals surface area (Å²) in [6.45, 7) is 2.08. The minimum atomic E-state index is -0.312. The van der Waals surface area contributed by atoms with Crippen LogP contribution in [-0.4, -0.2) is 9.67 Å². The van der Waals surface area contributed by atoms with Crippen molar-refractivity contribution in [3.63, 3.8) is 0 Å².